The summed E-state index contributed by atoms with van der Waals surface area (Å²) in [5.41, 5.74) is 2.83. The van der Waals surface area contributed by atoms with Gasteiger partial charge in [0, 0.05) is 12.4 Å². The van der Waals surface area contributed by atoms with Gasteiger partial charge < -0.3 is 14.6 Å². The first-order chi connectivity index (χ1) is 15.6. The minimum atomic E-state index is -1.04. The van der Waals surface area contributed by atoms with Gasteiger partial charge >= 0.3 is 5.97 Å². The molecule has 4 rings (SSSR count). The molecule has 8 heteroatoms. The number of carboxylic acids is 1. The van der Waals surface area contributed by atoms with Gasteiger partial charge in [-0.15, -0.1) is 0 Å². The predicted octanol–water partition coefficient (Wildman–Crippen LogP) is 4.03. The van der Waals surface area contributed by atoms with Gasteiger partial charge in [0.15, 0.2) is 6.29 Å². The summed E-state index contributed by atoms with van der Waals surface area (Å²) in [6, 6.07) is 17.3. The van der Waals surface area contributed by atoms with Crippen LogP contribution in [0, 0.1) is 0 Å². The van der Waals surface area contributed by atoms with Gasteiger partial charge in [-0.3, -0.25) is 9.78 Å². The Bertz CT molecular complexity index is 1260. The smallest absolute Gasteiger partial charge is 0.335 e. The summed E-state index contributed by atoms with van der Waals surface area (Å²) < 4.78 is 12.6. The van der Waals surface area contributed by atoms with Crippen molar-refractivity contribution in [3.8, 4) is 28.6 Å². The molecule has 0 bridgehead atoms. The van der Waals surface area contributed by atoms with E-state index in [2.05, 4.69) is 10.1 Å². The van der Waals surface area contributed by atoms with Crippen LogP contribution >= 0.6 is 0 Å². The normalized spacial score (nSPS) is 10.5. The van der Waals surface area contributed by atoms with Crippen LogP contribution in [0.25, 0.3) is 17.1 Å². The number of carboxylic acid groups (broad SMARTS) is 1. The summed E-state index contributed by atoms with van der Waals surface area (Å²) in [6.45, 7) is 0.282. The van der Waals surface area contributed by atoms with Gasteiger partial charge in [0.2, 0.25) is 0 Å². The fourth-order valence-corrected chi connectivity index (χ4v) is 3.16. The first-order valence-electron chi connectivity index (χ1n) is 9.68. The van der Waals surface area contributed by atoms with E-state index in [4.69, 9.17) is 9.47 Å². The lowest BCUT2D eigenvalue weighted by atomic mass is 10.1. The Morgan fingerprint density at radius 2 is 1.91 bits per heavy atom. The van der Waals surface area contributed by atoms with Crippen LogP contribution in [-0.2, 0) is 6.61 Å². The number of pyridine rings is 1. The Morgan fingerprint density at radius 3 is 2.62 bits per heavy atom. The van der Waals surface area contributed by atoms with Crippen molar-refractivity contribution in [2.75, 3.05) is 7.11 Å². The van der Waals surface area contributed by atoms with Gasteiger partial charge in [-0.25, -0.2) is 9.48 Å². The van der Waals surface area contributed by atoms with Gasteiger partial charge in [-0.1, -0.05) is 18.2 Å². The number of benzene rings is 2. The van der Waals surface area contributed by atoms with Crippen molar-refractivity contribution in [3.63, 3.8) is 0 Å². The molecule has 32 heavy (non-hydrogen) atoms. The molecule has 0 spiro atoms. The molecule has 4 aromatic rings. The number of aldehydes is 1. The third-order valence-corrected chi connectivity index (χ3v) is 4.82. The average Bonchev–Trinajstić information content (AvgIpc) is 3.33. The first-order valence-corrected chi connectivity index (χ1v) is 9.68. The number of aromatic carboxylic acids is 1. The van der Waals surface area contributed by atoms with Gasteiger partial charge in [-0.2, -0.15) is 5.10 Å². The Kier molecular flexibility index (Phi) is 5.94. The molecule has 0 amide bonds. The molecule has 160 valence electrons. The Balaban J connectivity index is 1.60. The van der Waals surface area contributed by atoms with E-state index in [9.17, 15) is 14.7 Å². The topological polar surface area (TPSA) is 104 Å². The van der Waals surface area contributed by atoms with Crippen LogP contribution in [0.15, 0.2) is 73.1 Å². The van der Waals surface area contributed by atoms with Crippen LogP contribution in [0.2, 0.25) is 0 Å². The second-order valence-corrected chi connectivity index (χ2v) is 6.82. The van der Waals surface area contributed by atoms with E-state index in [1.807, 2.05) is 24.3 Å². The Labute approximate surface area is 183 Å². The number of hydrogen-bond acceptors (Lipinski definition) is 6. The lowest BCUT2D eigenvalue weighted by molar-refractivity contribution is 0.0696. The molecule has 0 fully saturated rings. The largest absolute Gasteiger partial charge is 0.497 e. The minimum absolute atomic E-state index is 0.118. The molecule has 0 radical (unpaired) electrons. The van der Waals surface area contributed by atoms with E-state index in [1.165, 1.54) is 23.0 Å². The van der Waals surface area contributed by atoms with E-state index in [1.54, 1.807) is 37.6 Å². The monoisotopic (exact) mass is 429 g/mol. The highest BCUT2D eigenvalue weighted by Gasteiger charge is 2.14. The number of methoxy groups -OCH3 is 1. The molecule has 8 nitrogen and oxygen atoms in total. The number of nitrogens with zero attached hydrogens (tertiary/aromatic N) is 3. The summed E-state index contributed by atoms with van der Waals surface area (Å²) in [5.74, 6) is 0.136. The number of carbonyl (C=O) groups is 2. The number of hydrogen-bond donors (Lipinski definition) is 1. The maximum absolute atomic E-state index is 11.9. The zero-order chi connectivity index (χ0) is 22.5. The lowest BCUT2D eigenvalue weighted by Gasteiger charge is -2.12. The van der Waals surface area contributed by atoms with Crippen LogP contribution in [0.5, 0.6) is 11.5 Å². The van der Waals surface area contributed by atoms with E-state index >= 15 is 0 Å². The van der Waals surface area contributed by atoms with Gasteiger partial charge in [-0.05, 0) is 48.0 Å². The molecule has 0 saturated carbocycles. The molecule has 0 saturated heterocycles. The molecular weight excluding hydrogens is 410 g/mol. The third kappa shape index (κ3) is 4.34. The van der Waals surface area contributed by atoms with Crippen molar-refractivity contribution in [2.24, 2.45) is 0 Å². The number of carbonyl (C=O) groups excluding carboxylic acids is 1. The molecule has 0 aliphatic carbocycles. The van der Waals surface area contributed by atoms with Crippen molar-refractivity contribution >= 4 is 12.3 Å². The fraction of sp³-hybridized carbons (Fsp3) is 0.0833. The molecule has 2 aromatic carbocycles. The zero-order valence-corrected chi connectivity index (χ0v) is 17.1. The summed E-state index contributed by atoms with van der Waals surface area (Å²) >= 11 is 0. The number of rotatable bonds is 8. The summed E-state index contributed by atoms with van der Waals surface area (Å²) in [5, 5.41) is 13.7. The molecule has 0 atom stereocenters. The van der Waals surface area contributed by atoms with Crippen molar-refractivity contribution in [3.05, 3.63) is 89.7 Å². The number of ether oxygens (including phenoxy) is 2. The van der Waals surface area contributed by atoms with Crippen LogP contribution < -0.4 is 9.47 Å². The van der Waals surface area contributed by atoms with Crippen LogP contribution in [0.1, 0.15) is 26.3 Å². The maximum Gasteiger partial charge on any atom is 0.335 e. The quantitative estimate of drug-likeness (QED) is 0.422. The van der Waals surface area contributed by atoms with Crippen molar-refractivity contribution in [1.29, 1.82) is 0 Å². The average molecular weight is 429 g/mol. The molecule has 0 aliphatic heterocycles. The molecular formula is C24H19N3O5. The van der Waals surface area contributed by atoms with E-state index in [0.29, 0.717) is 28.4 Å². The van der Waals surface area contributed by atoms with Crippen LogP contribution in [0.4, 0.5) is 0 Å². The highest BCUT2D eigenvalue weighted by molar-refractivity contribution is 5.88. The third-order valence-electron chi connectivity index (χ3n) is 4.82. The van der Waals surface area contributed by atoms with E-state index in [-0.39, 0.29) is 12.2 Å². The van der Waals surface area contributed by atoms with Crippen LogP contribution in [0.3, 0.4) is 0 Å². The fourth-order valence-electron chi connectivity index (χ4n) is 3.16. The van der Waals surface area contributed by atoms with Gasteiger partial charge in [0.25, 0.3) is 0 Å². The maximum atomic E-state index is 11.9. The summed E-state index contributed by atoms with van der Waals surface area (Å²) in [4.78, 5) is 27.3. The van der Waals surface area contributed by atoms with Crippen LogP contribution in [-0.4, -0.2) is 39.2 Å². The second kappa shape index (κ2) is 9.13. The standard InChI is InChI=1S/C24H19N3O5/c1-31-18-7-5-16(6-8-18)15-32-23-4-2-3-22(19(23)14-28)27-12-10-20(26-27)21-13-17(24(29)30)9-11-25-21/h2-14H,15H2,1H3,(H,29,30). The second-order valence-electron chi connectivity index (χ2n) is 6.82. The van der Waals surface area contributed by atoms with Crippen molar-refractivity contribution < 1.29 is 24.2 Å². The Morgan fingerprint density at radius 1 is 1.09 bits per heavy atom. The SMILES string of the molecule is COc1ccc(COc2cccc(-n3ccc(-c4cc(C(=O)O)ccn4)n3)c2C=O)cc1. The molecule has 1 N–H and O–H groups in total. The Hall–Kier alpha value is -4.46. The first kappa shape index (κ1) is 20.8. The highest BCUT2D eigenvalue weighted by Crippen LogP contribution is 2.26. The van der Waals surface area contributed by atoms with Crippen molar-refractivity contribution in [2.45, 2.75) is 6.61 Å². The van der Waals surface area contributed by atoms with E-state index in [0.717, 1.165) is 17.6 Å². The molecule has 0 aliphatic rings. The molecule has 2 aromatic heterocycles. The molecule has 0 unspecified atom stereocenters. The highest BCUT2D eigenvalue weighted by atomic mass is 16.5. The lowest BCUT2D eigenvalue weighted by Crippen LogP contribution is -2.04. The predicted molar refractivity (Wildman–Crippen MR) is 116 cm³/mol. The van der Waals surface area contributed by atoms with Gasteiger partial charge in [0.05, 0.1) is 29.6 Å². The molecule has 2 heterocycles. The van der Waals surface area contributed by atoms with Gasteiger partial charge in [0.1, 0.15) is 23.8 Å². The minimum Gasteiger partial charge on any atom is -0.497 e. The summed E-state index contributed by atoms with van der Waals surface area (Å²) in [6.07, 6.45) is 3.83. The van der Waals surface area contributed by atoms with E-state index < -0.39 is 5.97 Å². The van der Waals surface area contributed by atoms with Crippen molar-refractivity contribution in [1.82, 2.24) is 14.8 Å². The summed E-state index contributed by atoms with van der Waals surface area (Å²) in [7, 11) is 1.60. The number of aromatic nitrogens is 3. The zero-order valence-electron chi connectivity index (χ0n) is 17.1.